The topological polar surface area (TPSA) is 93.7 Å². The molecule has 2 N–H and O–H groups in total. The Kier molecular flexibility index (Phi) is 7.23. The Hall–Kier alpha value is -2.57. The highest BCUT2D eigenvalue weighted by Crippen LogP contribution is 2.12. The van der Waals surface area contributed by atoms with E-state index in [9.17, 15) is 14.4 Å². The zero-order valence-electron chi connectivity index (χ0n) is 14.5. The third-order valence-electron chi connectivity index (χ3n) is 2.67. The van der Waals surface area contributed by atoms with Gasteiger partial charge in [-0.1, -0.05) is 12.1 Å². The van der Waals surface area contributed by atoms with E-state index < -0.39 is 30.1 Å². The first-order chi connectivity index (χ1) is 11.2. The highest BCUT2D eigenvalue weighted by atomic mass is 16.5. The molecule has 0 aliphatic heterocycles. The van der Waals surface area contributed by atoms with Crippen LogP contribution in [0, 0.1) is 6.92 Å². The predicted octanol–water partition coefficient (Wildman–Crippen LogP) is 1.93. The largest absolute Gasteiger partial charge is 0.493 e. The summed E-state index contributed by atoms with van der Waals surface area (Å²) in [6.45, 7) is 6.92. The Bertz CT molecular complexity index is 593. The van der Waals surface area contributed by atoms with Crippen molar-refractivity contribution in [3.05, 3.63) is 29.8 Å². The van der Waals surface area contributed by atoms with Gasteiger partial charge in [0.15, 0.2) is 6.61 Å². The van der Waals surface area contributed by atoms with Crippen LogP contribution in [0.5, 0.6) is 5.75 Å². The summed E-state index contributed by atoms with van der Waals surface area (Å²) in [5.41, 5.74) is 0.592. The maximum absolute atomic E-state index is 11.5. The number of hydrogen-bond donors (Lipinski definition) is 2. The minimum absolute atomic E-state index is 0.00933. The van der Waals surface area contributed by atoms with Gasteiger partial charge in [0, 0.05) is 5.54 Å². The molecule has 3 amide bonds. The summed E-state index contributed by atoms with van der Waals surface area (Å²) < 4.78 is 10.2. The average molecular weight is 336 g/mol. The van der Waals surface area contributed by atoms with Crippen LogP contribution in [0.25, 0.3) is 0 Å². The second-order valence-electron chi connectivity index (χ2n) is 6.33. The third kappa shape index (κ3) is 8.77. The number of imide groups is 1. The highest BCUT2D eigenvalue weighted by molar-refractivity contribution is 5.95. The SMILES string of the molecule is Cc1cccc(OCCC(=O)OCC(=O)NC(=O)NC(C)(C)C)c1. The van der Waals surface area contributed by atoms with Gasteiger partial charge in [0.2, 0.25) is 0 Å². The minimum atomic E-state index is -0.690. The fraction of sp³-hybridized carbons (Fsp3) is 0.471. The number of carbonyl (C=O) groups is 3. The van der Waals surface area contributed by atoms with Gasteiger partial charge in [0.05, 0.1) is 13.0 Å². The second-order valence-corrected chi connectivity index (χ2v) is 6.33. The molecule has 0 unspecified atom stereocenters. The lowest BCUT2D eigenvalue weighted by Gasteiger charge is -2.20. The van der Waals surface area contributed by atoms with Crippen LogP contribution in [0.4, 0.5) is 4.79 Å². The van der Waals surface area contributed by atoms with Gasteiger partial charge in [-0.05, 0) is 45.4 Å². The van der Waals surface area contributed by atoms with Gasteiger partial charge in [0.25, 0.3) is 5.91 Å². The molecule has 1 aromatic carbocycles. The lowest BCUT2D eigenvalue weighted by Crippen LogP contribution is -2.49. The van der Waals surface area contributed by atoms with Crippen LogP contribution < -0.4 is 15.4 Å². The normalized spacial score (nSPS) is 10.7. The highest BCUT2D eigenvalue weighted by Gasteiger charge is 2.16. The van der Waals surface area contributed by atoms with Crippen molar-refractivity contribution in [3.8, 4) is 5.75 Å². The number of benzene rings is 1. The van der Waals surface area contributed by atoms with E-state index in [0.717, 1.165) is 5.56 Å². The molecule has 0 bridgehead atoms. The standard InChI is InChI=1S/C17H24N2O5/c1-12-6-5-7-13(10-12)23-9-8-15(21)24-11-14(20)18-16(22)19-17(2,3)4/h5-7,10H,8-9,11H2,1-4H3,(H2,18,19,20,22). The number of carbonyl (C=O) groups excluding carboxylic acids is 3. The van der Waals surface area contributed by atoms with E-state index in [2.05, 4.69) is 10.6 Å². The monoisotopic (exact) mass is 336 g/mol. The van der Waals surface area contributed by atoms with Gasteiger partial charge >= 0.3 is 12.0 Å². The third-order valence-corrected chi connectivity index (χ3v) is 2.67. The van der Waals surface area contributed by atoms with Crippen LogP contribution in [0.3, 0.4) is 0 Å². The smallest absolute Gasteiger partial charge is 0.321 e. The summed E-state index contributed by atoms with van der Waals surface area (Å²) in [7, 11) is 0. The van der Waals surface area contributed by atoms with E-state index in [1.165, 1.54) is 0 Å². The molecule has 7 heteroatoms. The van der Waals surface area contributed by atoms with Gasteiger partial charge in [-0.3, -0.25) is 14.9 Å². The summed E-state index contributed by atoms with van der Waals surface area (Å²) >= 11 is 0. The number of nitrogens with one attached hydrogen (secondary N) is 2. The number of amides is 3. The van der Waals surface area contributed by atoms with Crippen LogP contribution >= 0.6 is 0 Å². The summed E-state index contributed by atoms with van der Waals surface area (Å²) in [5, 5.41) is 4.65. The van der Waals surface area contributed by atoms with E-state index in [4.69, 9.17) is 9.47 Å². The molecule has 0 saturated carbocycles. The van der Waals surface area contributed by atoms with Gasteiger partial charge in [0.1, 0.15) is 5.75 Å². The van der Waals surface area contributed by atoms with Crippen molar-refractivity contribution in [3.63, 3.8) is 0 Å². The molecule has 1 rings (SSSR count). The number of rotatable bonds is 6. The van der Waals surface area contributed by atoms with Crippen molar-refractivity contribution in [2.45, 2.75) is 39.7 Å². The first-order valence-corrected chi connectivity index (χ1v) is 7.63. The van der Waals surface area contributed by atoms with Crippen LogP contribution in [0.2, 0.25) is 0 Å². The van der Waals surface area contributed by atoms with Crippen LogP contribution in [0.1, 0.15) is 32.8 Å². The quantitative estimate of drug-likeness (QED) is 0.774. The number of esters is 1. The lowest BCUT2D eigenvalue weighted by atomic mass is 10.1. The molecule has 0 radical (unpaired) electrons. The van der Waals surface area contributed by atoms with Crippen molar-refractivity contribution in [1.82, 2.24) is 10.6 Å². The van der Waals surface area contributed by atoms with E-state index >= 15 is 0 Å². The molecule has 0 aliphatic rings. The van der Waals surface area contributed by atoms with Gasteiger partial charge < -0.3 is 14.8 Å². The van der Waals surface area contributed by atoms with E-state index in [0.29, 0.717) is 5.75 Å². The van der Waals surface area contributed by atoms with Gasteiger partial charge in [-0.25, -0.2) is 4.79 Å². The summed E-state index contributed by atoms with van der Waals surface area (Å²) in [4.78, 5) is 34.5. The molecule has 0 heterocycles. The second kappa shape index (κ2) is 8.90. The predicted molar refractivity (Wildman–Crippen MR) is 88.7 cm³/mol. The fourth-order valence-corrected chi connectivity index (χ4v) is 1.71. The molecule has 0 aromatic heterocycles. The van der Waals surface area contributed by atoms with Gasteiger partial charge in [-0.2, -0.15) is 0 Å². The first-order valence-electron chi connectivity index (χ1n) is 7.63. The van der Waals surface area contributed by atoms with E-state index in [-0.39, 0.29) is 13.0 Å². The van der Waals surface area contributed by atoms with Crippen LogP contribution in [-0.4, -0.2) is 36.7 Å². The molecule has 0 spiro atoms. The Labute approximate surface area is 141 Å². The maximum Gasteiger partial charge on any atom is 0.321 e. The summed E-state index contributed by atoms with van der Waals surface area (Å²) in [6, 6.07) is 6.81. The first kappa shape index (κ1) is 19.5. The van der Waals surface area contributed by atoms with Crippen LogP contribution in [0.15, 0.2) is 24.3 Å². The molecule has 1 aromatic rings. The van der Waals surface area contributed by atoms with Gasteiger partial charge in [-0.15, -0.1) is 0 Å². The van der Waals surface area contributed by atoms with Crippen LogP contribution in [-0.2, 0) is 14.3 Å². The van der Waals surface area contributed by atoms with Crippen molar-refractivity contribution in [1.29, 1.82) is 0 Å². The van der Waals surface area contributed by atoms with E-state index in [1.807, 2.05) is 25.1 Å². The summed E-state index contributed by atoms with van der Waals surface area (Å²) in [5.74, 6) is -0.599. The summed E-state index contributed by atoms with van der Waals surface area (Å²) in [6.07, 6.45) is 0.00933. The Morgan fingerprint density at radius 2 is 1.88 bits per heavy atom. The Morgan fingerprint density at radius 1 is 1.17 bits per heavy atom. The van der Waals surface area contributed by atoms with E-state index in [1.54, 1.807) is 26.8 Å². The number of hydrogen-bond acceptors (Lipinski definition) is 5. The molecule has 0 saturated heterocycles. The van der Waals surface area contributed by atoms with Crippen molar-refractivity contribution < 1.29 is 23.9 Å². The minimum Gasteiger partial charge on any atom is -0.493 e. The molecule has 0 atom stereocenters. The lowest BCUT2D eigenvalue weighted by molar-refractivity contribution is -0.148. The van der Waals surface area contributed by atoms with Crippen molar-refractivity contribution in [2.24, 2.45) is 0 Å². The molecular formula is C17H24N2O5. The molecule has 132 valence electrons. The number of ether oxygens (including phenoxy) is 2. The molecule has 24 heavy (non-hydrogen) atoms. The van der Waals surface area contributed by atoms with Crippen molar-refractivity contribution in [2.75, 3.05) is 13.2 Å². The molecule has 0 fully saturated rings. The fourth-order valence-electron chi connectivity index (χ4n) is 1.71. The maximum atomic E-state index is 11.5. The number of aryl methyl sites for hydroxylation is 1. The number of urea groups is 1. The van der Waals surface area contributed by atoms with Crippen molar-refractivity contribution >= 4 is 17.9 Å². The Morgan fingerprint density at radius 3 is 2.50 bits per heavy atom. The Balaban J connectivity index is 2.21. The zero-order valence-corrected chi connectivity index (χ0v) is 14.5. The molecular weight excluding hydrogens is 312 g/mol. The zero-order chi connectivity index (χ0) is 18.2. The molecule has 0 aliphatic carbocycles. The molecule has 7 nitrogen and oxygen atoms in total. The average Bonchev–Trinajstić information content (AvgIpc) is 2.43.